The SMILES string of the molecule is CCN(CC(N)=O)c1nnc(Cl)c2ccccc12. The lowest BCUT2D eigenvalue weighted by Crippen LogP contribution is -2.34. The number of amides is 1. The maximum Gasteiger partial charge on any atom is 0.236 e. The molecule has 0 aliphatic rings. The Kier molecular flexibility index (Phi) is 3.62. The maximum atomic E-state index is 11.1. The fraction of sp³-hybridized carbons (Fsp3) is 0.250. The van der Waals surface area contributed by atoms with Gasteiger partial charge in [0.15, 0.2) is 11.0 Å². The normalized spacial score (nSPS) is 10.6. The van der Waals surface area contributed by atoms with Gasteiger partial charge in [-0.15, -0.1) is 10.2 Å². The number of benzene rings is 1. The van der Waals surface area contributed by atoms with Crippen molar-refractivity contribution in [1.82, 2.24) is 10.2 Å². The highest BCUT2D eigenvalue weighted by Crippen LogP contribution is 2.27. The lowest BCUT2D eigenvalue weighted by Gasteiger charge is -2.21. The van der Waals surface area contributed by atoms with E-state index in [1.807, 2.05) is 31.2 Å². The monoisotopic (exact) mass is 264 g/mol. The van der Waals surface area contributed by atoms with Gasteiger partial charge in [0.05, 0.1) is 6.54 Å². The molecule has 0 bridgehead atoms. The van der Waals surface area contributed by atoms with E-state index in [0.29, 0.717) is 17.5 Å². The van der Waals surface area contributed by atoms with Crippen LogP contribution in [0.1, 0.15) is 6.92 Å². The van der Waals surface area contributed by atoms with Crippen molar-refractivity contribution in [2.45, 2.75) is 6.92 Å². The third-order valence-corrected chi connectivity index (χ3v) is 2.93. The molecule has 18 heavy (non-hydrogen) atoms. The number of nitrogens with two attached hydrogens (primary N) is 1. The highest BCUT2D eigenvalue weighted by atomic mass is 35.5. The zero-order valence-electron chi connectivity index (χ0n) is 9.93. The first-order valence-corrected chi connectivity index (χ1v) is 5.95. The minimum absolute atomic E-state index is 0.108. The molecule has 0 saturated heterocycles. The van der Waals surface area contributed by atoms with Crippen molar-refractivity contribution in [2.75, 3.05) is 18.0 Å². The Morgan fingerprint density at radius 3 is 2.61 bits per heavy atom. The summed E-state index contributed by atoms with van der Waals surface area (Å²) >= 11 is 6.00. The summed E-state index contributed by atoms with van der Waals surface area (Å²) in [6.07, 6.45) is 0. The minimum Gasteiger partial charge on any atom is -0.368 e. The fourth-order valence-electron chi connectivity index (χ4n) is 1.82. The van der Waals surface area contributed by atoms with Gasteiger partial charge in [-0.05, 0) is 6.92 Å². The van der Waals surface area contributed by atoms with Crippen LogP contribution in [-0.2, 0) is 4.79 Å². The van der Waals surface area contributed by atoms with Crippen LogP contribution >= 0.6 is 11.6 Å². The third-order valence-electron chi connectivity index (χ3n) is 2.65. The minimum atomic E-state index is -0.405. The number of carbonyl (C=O) groups excluding carboxylic acids is 1. The van der Waals surface area contributed by atoms with Gasteiger partial charge in [0.25, 0.3) is 0 Å². The Hall–Kier alpha value is -1.88. The van der Waals surface area contributed by atoms with Crippen molar-refractivity contribution in [2.24, 2.45) is 5.73 Å². The Labute approximate surface area is 110 Å². The fourth-order valence-corrected chi connectivity index (χ4v) is 2.02. The van der Waals surface area contributed by atoms with Crippen LogP contribution in [0, 0.1) is 0 Å². The van der Waals surface area contributed by atoms with Gasteiger partial charge >= 0.3 is 0 Å². The molecule has 0 fully saturated rings. The average Bonchev–Trinajstić information content (AvgIpc) is 2.37. The number of hydrogen-bond acceptors (Lipinski definition) is 4. The second kappa shape index (κ2) is 5.18. The molecule has 2 aromatic rings. The van der Waals surface area contributed by atoms with Crippen LogP contribution in [0.3, 0.4) is 0 Å². The molecule has 0 unspecified atom stereocenters. The van der Waals surface area contributed by atoms with Crippen LogP contribution in [0.2, 0.25) is 5.15 Å². The summed E-state index contributed by atoms with van der Waals surface area (Å²) in [6.45, 7) is 2.65. The molecule has 0 radical (unpaired) electrons. The predicted molar refractivity (Wildman–Crippen MR) is 71.6 cm³/mol. The van der Waals surface area contributed by atoms with Gasteiger partial charge in [-0.3, -0.25) is 4.79 Å². The van der Waals surface area contributed by atoms with Crippen molar-refractivity contribution in [1.29, 1.82) is 0 Å². The largest absolute Gasteiger partial charge is 0.368 e. The van der Waals surface area contributed by atoms with E-state index in [4.69, 9.17) is 17.3 Å². The number of anilines is 1. The van der Waals surface area contributed by atoms with E-state index in [2.05, 4.69) is 10.2 Å². The van der Waals surface area contributed by atoms with E-state index >= 15 is 0 Å². The van der Waals surface area contributed by atoms with Crippen LogP contribution in [0.25, 0.3) is 10.8 Å². The molecule has 2 N–H and O–H groups in total. The van der Waals surface area contributed by atoms with E-state index in [-0.39, 0.29) is 6.54 Å². The number of nitrogens with zero attached hydrogens (tertiary/aromatic N) is 3. The van der Waals surface area contributed by atoms with Gasteiger partial charge in [-0.2, -0.15) is 0 Å². The summed E-state index contributed by atoms with van der Waals surface area (Å²) < 4.78 is 0. The molecule has 6 heteroatoms. The highest BCUT2D eigenvalue weighted by Gasteiger charge is 2.14. The lowest BCUT2D eigenvalue weighted by molar-refractivity contribution is -0.116. The van der Waals surface area contributed by atoms with Crippen LogP contribution < -0.4 is 10.6 Å². The summed E-state index contributed by atoms with van der Waals surface area (Å²) in [7, 11) is 0. The van der Waals surface area contributed by atoms with Crippen LogP contribution in [0.5, 0.6) is 0 Å². The number of fused-ring (bicyclic) bond motifs is 1. The van der Waals surface area contributed by atoms with Crippen molar-refractivity contribution in [3.05, 3.63) is 29.4 Å². The summed E-state index contributed by atoms with van der Waals surface area (Å²) in [5.41, 5.74) is 5.23. The predicted octanol–water partition coefficient (Wildman–Crippen LogP) is 1.59. The molecule has 94 valence electrons. The van der Waals surface area contributed by atoms with E-state index in [1.54, 1.807) is 4.90 Å². The molecule has 0 spiro atoms. The van der Waals surface area contributed by atoms with Crippen molar-refractivity contribution >= 4 is 34.1 Å². The molecule has 5 nitrogen and oxygen atoms in total. The number of hydrogen-bond donors (Lipinski definition) is 1. The first kappa shape index (κ1) is 12.6. The first-order valence-electron chi connectivity index (χ1n) is 5.57. The van der Waals surface area contributed by atoms with Gasteiger partial charge in [0.2, 0.25) is 5.91 Å². The van der Waals surface area contributed by atoms with Crippen LogP contribution in [-0.4, -0.2) is 29.2 Å². The molecule has 1 aromatic carbocycles. The molecule has 0 aliphatic heterocycles. The van der Waals surface area contributed by atoms with Crippen LogP contribution in [0.15, 0.2) is 24.3 Å². The number of aromatic nitrogens is 2. The Morgan fingerprint density at radius 1 is 1.33 bits per heavy atom. The molecule has 2 rings (SSSR count). The third kappa shape index (κ3) is 2.36. The van der Waals surface area contributed by atoms with Crippen molar-refractivity contribution < 1.29 is 4.79 Å². The lowest BCUT2D eigenvalue weighted by atomic mass is 10.2. The number of primary amides is 1. The molecule has 1 heterocycles. The van der Waals surface area contributed by atoms with E-state index < -0.39 is 5.91 Å². The van der Waals surface area contributed by atoms with E-state index in [1.165, 1.54) is 0 Å². The van der Waals surface area contributed by atoms with Crippen molar-refractivity contribution in [3.8, 4) is 0 Å². The molecule has 0 aliphatic carbocycles. The van der Waals surface area contributed by atoms with Gasteiger partial charge in [-0.1, -0.05) is 35.9 Å². The standard InChI is InChI=1S/C12H13ClN4O/c1-2-17(7-10(14)18)12-9-6-4-3-5-8(9)11(13)15-16-12/h3-6H,2,7H2,1H3,(H2,14,18). The smallest absolute Gasteiger partial charge is 0.236 e. The molecule has 1 aromatic heterocycles. The van der Waals surface area contributed by atoms with Crippen molar-refractivity contribution in [3.63, 3.8) is 0 Å². The summed E-state index contributed by atoms with van der Waals surface area (Å²) in [5.74, 6) is 0.217. The summed E-state index contributed by atoms with van der Waals surface area (Å²) in [5, 5.41) is 10.00. The summed E-state index contributed by atoms with van der Waals surface area (Å²) in [6, 6.07) is 7.54. The quantitative estimate of drug-likeness (QED) is 0.910. The highest BCUT2D eigenvalue weighted by molar-refractivity contribution is 6.34. The Balaban J connectivity index is 2.56. The second-order valence-electron chi connectivity index (χ2n) is 3.84. The second-order valence-corrected chi connectivity index (χ2v) is 4.20. The summed E-state index contributed by atoms with van der Waals surface area (Å²) in [4.78, 5) is 12.8. The topological polar surface area (TPSA) is 72.1 Å². The van der Waals surface area contributed by atoms with E-state index in [0.717, 1.165) is 10.8 Å². The van der Waals surface area contributed by atoms with E-state index in [9.17, 15) is 4.79 Å². The molecule has 0 saturated carbocycles. The Bertz CT molecular complexity index is 587. The molecule has 0 atom stereocenters. The zero-order chi connectivity index (χ0) is 13.1. The Morgan fingerprint density at radius 2 is 2.00 bits per heavy atom. The molecular weight excluding hydrogens is 252 g/mol. The molecule has 1 amide bonds. The number of carbonyl (C=O) groups is 1. The maximum absolute atomic E-state index is 11.1. The number of rotatable bonds is 4. The van der Waals surface area contributed by atoms with Gasteiger partial charge in [0.1, 0.15) is 0 Å². The zero-order valence-corrected chi connectivity index (χ0v) is 10.7. The first-order chi connectivity index (χ1) is 8.63. The van der Waals surface area contributed by atoms with Crippen LogP contribution in [0.4, 0.5) is 5.82 Å². The average molecular weight is 265 g/mol. The van der Waals surface area contributed by atoms with Gasteiger partial charge < -0.3 is 10.6 Å². The van der Waals surface area contributed by atoms with Gasteiger partial charge in [0, 0.05) is 17.3 Å². The number of halogens is 1. The number of likely N-dealkylation sites (N-methyl/N-ethyl adjacent to an activating group) is 1. The van der Waals surface area contributed by atoms with Gasteiger partial charge in [-0.25, -0.2) is 0 Å². The molecular formula is C12H13ClN4O.